The maximum Gasteiger partial charge on any atom is 0.208 e. The van der Waals surface area contributed by atoms with Gasteiger partial charge in [-0.25, -0.2) is 4.98 Å². The third kappa shape index (κ3) is 3.16. The van der Waals surface area contributed by atoms with Gasteiger partial charge in [0.25, 0.3) is 0 Å². The first kappa shape index (κ1) is 15.0. The van der Waals surface area contributed by atoms with Gasteiger partial charge in [0.2, 0.25) is 5.89 Å². The summed E-state index contributed by atoms with van der Waals surface area (Å²) < 4.78 is 5.81. The lowest BCUT2D eigenvalue weighted by Gasteiger charge is -2.49. The average molecular weight is 291 g/mol. The summed E-state index contributed by atoms with van der Waals surface area (Å²) in [6, 6.07) is 0.602. The lowest BCUT2D eigenvalue weighted by molar-refractivity contribution is 0.0425. The molecule has 2 aliphatic rings. The van der Waals surface area contributed by atoms with Crippen molar-refractivity contribution >= 4 is 0 Å². The molecule has 118 valence electrons. The molecule has 1 spiro atoms. The fourth-order valence-corrected chi connectivity index (χ4v) is 3.97. The molecule has 1 aliphatic carbocycles. The van der Waals surface area contributed by atoms with Gasteiger partial charge in [-0.05, 0) is 33.1 Å². The van der Waals surface area contributed by atoms with Gasteiger partial charge in [-0.2, -0.15) is 0 Å². The predicted molar refractivity (Wildman–Crippen MR) is 84.3 cm³/mol. The molecule has 4 nitrogen and oxygen atoms in total. The minimum atomic E-state index is 0.348. The zero-order valence-corrected chi connectivity index (χ0v) is 13.7. The van der Waals surface area contributed by atoms with Gasteiger partial charge in [0.15, 0.2) is 0 Å². The van der Waals surface area contributed by atoms with E-state index in [0.29, 0.717) is 11.6 Å². The molecule has 1 unspecified atom stereocenters. The third-order valence-corrected chi connectivity index (χ3v) is 5.43. The topological polar surface area (TPSA) is 41.3 Å². The van der Waals surface area contributed by atoms with Crippen molar-refractivity contribution in [2.24, 2.45) is 0 Å². The summed E-state index contributed by atoms with van der Waals surface area (Å²) in [5.74, 6) is 1.84. The molecule has 3 rings (SSSR count). The van der Waals surface area contributed by atoms with E-state index in [2.05, 4.69) is 22.1 Å². The normalized spacial score (nSPS) is 26.3. The Morgan fingerprint density at radius 2 is 2.05 bits per heavy atom. The molecule has 4 heteroatoms. The number of hydrogen-bond donors (Lipinski definition) is 1. The SMILES string of the molecule is CCC1CNC2(CCCCC2)CN1Cc1nc(C)c(C)o1. The standard InChI is InChI=1S/C17H29N3O/c1-4-15-10-18-17(8-6-5-7-9-17)12-20(15)11-16-19-13(2)14(3)21-16/h15,18H,4-12H2,1-3H3. The second kappa shape index (κ2) is 6.09. The van der Waals surface area contributed by atoms with E-state index < -0.39 is 0 Å². The van der Waals surface area contributed by atoms with E-state index in [1.807, 2.05) is 13.8 Å². The Kier molecular flexibility index (Phi) is 4.36. The second-order valence-electron chi connectivity index (χ2n) is 6.94. The summed E-state index contributed by atoms with van der Waals surface area (Å²) in [4.78, 5) is 7.18. The molecule has 2 heterocycles. The second-order valence-corrected chi connectivity index (χ2v) is 6.94. The molecule has 0 amide bonds. The minimum Gasteiger partial charge on any atom is -0.444 e. The van der Waals surface area contributed by atoms with Gasteiger partial charge in [-0.3, -0.25) is 4.90 Å². The van der Waals surface area contributed by atoms with Crippen molar-refractivity contribution in [2.75, 3.05) is 13.1 Å². The Balaban J connectivity index is 1.73. The van der Waals surface area contributed by atoms with Crippen molar-refractivity contribution < 1.29 is 4.42 Å². The molecule has 0 radical (unpaired) electrons. The van der Waals surface area contributed by atoms with Crippen LogP contribution >= 0.6 is 0 Å². The van der Waals surface area contributed by atoms with Crippen LogP contribution < -0.4 is 5.32 Å². The fraction of sp³-hybridized carbons (Fsp3) is 0.824. The van der Waals surface area contributed by atoms with Gasteiger partial charge in [0, 0.05) is 24.7 Å². The first-order valence-corrected chi connectivity index (χ1v) is 8.54. The summed E-state index contributed by atoms with van der Waals surface area (Å²) >= 11 is 0. The number of nitrogens with one attached hydrogen (secondary N) is 1. The van der Waals surface area contributed by atoms with Gasteiger partial charge in [-0.15, -0.1) is 0 Å². The zero-order chi connectivity index (χ0) is 14.9. The average Bonchev–Trinajstić information content (AvgIpc) is 2.78. The molecule has 1 N–H and O–H groups in total. The van der Waals surface area contributed by atoms with Crippen molar-refractivity contribution in [3.8, 4) is 0 Å². The van der Waals surface area contributed by atoms with Crippen molar-refractivity contribution in [3.63, 3.8) is 0 Å². The Labute approximate surface area is 128 Å². The van der Waals surface area contributed by atoms with Crippen molar-refractivity contribution in [1.29, 1.82) is 0 Å². The number of aryl methyl sites for hydroxylation is 2. The molecular weight excluding hydrogens is 262 g/mol. The highest BCUT2D eigenvalue weighted by atomic mass is 16.4. The van der Waals surface area contributed by atoms with Crippen LogP contribution in [0.1, 0.15) is 62.8 Å². The highest BCUT2D eigenvalue weighted by molar-refractivity contribution is 5.06. The van der Waals surface area contributed by atoms with Crippen molar-refractivity contribution in [3.05, 3.63) is 17.3 Å². The highest BCUT2D eigenvalue weighted by Gasteiger charge is 2.39. The Morgan fingerprint density at radius 3 is 2.67 bits per heavy atom. The molecule has 21 heavy (non-hydrogen) atoms. The third-order valence-electron chi connectivity index (χ3n) is 5.43. The van der Waals surface area contributed by atoms with Crippen LogP contribution in [0.3, 0.4) is 0 Å². The van der Waals surface area contributed by atoms with Crippen LogP contribution in [0.15, 0.2) is 4.42 Å². The first-order valence-electron chi connectivity index (χ1n) is 8.54. The van der Waals surface area contributed by atoms with E-state index in [0.717, 1.165) is 37.0 Å². The fourth-order valence-electron chi connectivity index (χ4n) is 3.97. The first-order chi connectivity index (χ1) is 10.1. The number of piperazine rings is 1. The number of hydrogen-bond acceptors (Lipinski definition) is 4. The van der Waals surface area contributed by atoms with Gasteiger partial charge in [0.05, 0.1) is 12.2 Å². The Bertz CT molecular complexity index is 457. The summed E-state index contributed by atoms with van der Waals surface area (Å²) in [7, 11) is 0. The molecular formula is C17H29N3O. The largest absolute Gasteiger partial charge is 0.444 e. The van der Waals surface area contributed by atoms with Gasteiger partial charge < -0.3 is 9.73 Å². The van der Waals surface area contributed by atoms with Crippen LogP contribution in [0.4, 0.5) is 0 Å². The summed E-state index contributed by atoms with van der Waals surface area (Å²) in [5.41, 5.74) is 1.38. The van der Waals surface area contributed by atoms with Crippen LogP contribution in [-0.4, -0.2) is 34.6 Å². The number of aromatic nitrogens is 1. The van der Waals surface area contributed by atoms with Crippen LogP contribution in [0.5, 0.6) is 0 Å². The summed E-state index contributed by atoms with van der Waals surface area (Å²) in [5, 5.41) is 3.88. The van der Waals surface area contributed by atoms with Crippen molar-refractivity contribution in [1.82, 2.24) is 15.2 Å². The lowest BCUT2D eigenvalue weighted by atomic mass is 9.79. The molecule has 1 aromatic heterocycles. The minimum absolute atomic E-state index is 0.348. The molecule has 1 atom stereocenters. The lowest BCUT2D eigenvalue weighted by Crippen LogP contribution is -2.64. The molecule has 1 aromatic rings. The highest BCUT2D eigenvalue weighted by Crippen LogP contribution is 2.33. The number of rotatable bonds is 3. The van der Waals surface area contributed by atoms with E-state index in [4.69, 9.17) is 4.42 Å². The van der Waals surface area contributed by atoms with Crippen LogP contribution in [-0.2, 0) is 6.54 Å². The van der Waals surface area contributed by atoms with Crippen LogP contribution in [0.2, 0.25) is 0 Å². The molecule has 1 saturated carbocycles. The van der Waals surface area contributed by atoms with Gasteiger partial charge in [-0.1, -0.05) is 26.2 Å². The van der Waals surface area contributed by atoms with E-state index in [9.17, 15) is 0 Å². The summed E-state index contributed by atoms with van der Waals surface area (Å²) in [6.07, 6.45) is 7.97. The maximum absolute atomic E-state index is 5.81. The van der Waals surface area contributed by atoms with Crippen molar-refractivity contribution in [2.45, 2.75) is 77.4 Å². The van der Waals surface area contributed by atoms with Gasteiger partial charge >= 0.3 is 0 Å². The molecule has 1 saturated heterocycles. The van der Waals surface area contributed by atoms with E-state index in [-0.39, 0.29) is 0 Å². The monoisotopic (exact) mass is 291 g/mol. The quantitative estimate of drug-likeness (QED) is 0.928. The maximum atomic E-state index is 5.81. The zero-order valence-electron chi connectivity index (χ0n) is 13.7. The molecule has 1 aliphatic heterocycles. The van der Waals surface area contributed by atoms with E-state index in [1.165, 1.54) is 38.5 Å². The Hall–Kier alpha value is -0.870. The van der Waals surface area contributed by atoms with Gasteiger partial charge in [0.1, 0.15) is 5.76 Å². The van der Waals surface area contributed by atoms with E-state index in [1.54, 1.807) is 0 Å². The predicted octanol–water partition coefficient (Wildman–Crippen LogP) is 3.18. The number of oxazole rings is 1. The number of nitrogens with zero attached hydrogens (tertiary/aromatic N) is 2. The molecule has 2 fully saturated rings. The summed E-state index contributed by atoms with van der Waals surface area (Å²) in [6.45, 7) is 9.42. The molecule has 0 aromatic carbocycles. The van der Waals surface area contributed by atoms with E-state index >= 15 is 0 Å². The van der Waals surface area contributed by atoms with Crippen LogP contribution in [0, 0.1) is 13.8 Å². The Morgan fingerprint density at radius 1 is 1.29 bits per heavy atom. The van der Waals surface area contributed by atoms with Crippen LogP contribution in [0.25, 0.3) is 0 Å². The molecule has 0 bridgehead atoms. The smallest absolute Gasteiger partial charge is 0.208 e.